The van der Waals surface area contributed by atoms with Gasteiger partial charge in [0.1, 0.15) is 5.82 Å². The molecular weight excluding hydrogens is 454 g/mol. The molecule has 1 saturated carbocycles. The number of piperidine rings is 1. The summed E-state index contributed by atoms with van der Waals surface area (Å²) in [5.74, 6) is 1.06. The summed E-state index contributed by atoms with van der Waals surface area (Å²) >= 11 is 0. The largest absolute Gasteiger partial charge is 0.490 e. The number of hydrogen-bond acceptors (Lipinski definition) is 6. The van der Waals surface area contributed by atoms with Gasteiger partial charge < -0.3 is 19.3 Å². The summed E-state index contributed by atoms with van der Waals surface area (Å²) in [5.41, 5.74) is 1.01. The lowest BCUT2D eigenvalue weighted by atomic mass is 9.90. The van der Waals surface area contributed by atoms with E-state index in [0.29, 0.717) is 31.0 Å². The highest BCUT2D eigenvalue weighted by Crippen LogP contribution is 2.49. The van der Waals surface area contributed by atoms with Crippen molar-refractivity contribution in [3.8, 4) is 5.75 Å². The van der Waals surface area contributed by atoms with Crippen molar-refractivity contribution < 1.29 is 23.0 Å². The summed E-state index contributed by atoms with van der Waals surface area (Å²) in [6, 6.07) is 2.12. The molecule has 1 amide bonds. The van der Waals surface area contributed by atoms with Gasteiger partial charge in [-0.2, -0.15) is 0 Å². The molecule has 1 saturated heterocycles. The molecule has 35 heavy (non-hydrogen) atoms. The quantitative estimate of drug-likeness (QED) is 0.506. The number of methoxy groups -OCH3 is 1. The fraction of sp³-hybridized carbons (Fsp3) is 0.577. The first-order chi connectivity index (χ1) is 16.9. The number of carbonyl (C=O) groups excluding carboxylic acids is 1. The molecule has 7 nitrogen and oxygen atoms in total. The van der Waals surface area contributed by atoms with Crippen LogP contribution in [-0.4, -0.2) is 61.7 Å². The van der Waals surface area contributed by atoms with Crippen molar-refractivity contribution in [3.05, 3.63) is 47.3 Å². The molecule has 2 aliphatic rings. The molecule has 0 spiro atoms. The Balaban J connectivity index is 1.19. The van der Waals surface area contributed by atoms with E-state index >= 15 is 0 Å². The molecule has 4 rings (SSSR count). The van der Waals surface area contributed by atoms with E-state index in [1.165, 1.54) is 11.3 Å². The lowest BCUT2D eigenvalue weighted by molar-refractivity contribution is -0.128. The first kappa shape index (κ1) is 25.3. The Morgan fingerprint density at radius 2 is 1.86 bits per heavy atom. The van der Waals surface area contributed by atoms with Crippen LogP contribution in [0.4, 0.5) is 14.7 Å². The van der Waals surface area contributed by atoms with Crippen molar-refractivity contribution in [1.82, 2.24) is 14.9 Å². The predicted octanol–water partition coefficient (Wildman–Crippen LogP) is 3.85. The van der Waals surface area contributed by atoms with E-state index in [0.717, 1.165) is 56.0 Å². The van der Waals surface area contributed by atoms with Crippen LogP contribution in [0.2, 0.25) is 0 Å². The fourth-order valence-corrected chi connectivity index (χ4v) is 4.92. The second kappa shape index (κ2) is 11.3. The zero-order chi connectivity index (χ0) is 24.9. The SMILES string of the molecule is COCc1cnc(N2CCC(C3C[C@H]3CCOc3cc(F)c(CC(=O)N(C)C)cc3F)CC2)nc1. The third kappa shape index (κ3) is 6.45. The molecule has 1 aromatic heterocycles. The highest BCUT2D eigenvalue weighted by Gasteiger charge is 2.43. The fourth-order valence-electron chi connectivity index (χ4n) is 4.92. The topological polar surface area (TPSA) is 67.8 Å². The highest BCUT2D eigenvalue weighted by atomic mass is 19.1. The third-order valence-corrected chi connectivity index (χ3v) is 7.10. The zero-order valence-electron chi connectivity index (χ0n) is 20.7. The lowest BCUT2D eigenvalue weighted by Crippen LogP contribution is -2.35. The van der Waals surface area contributed by atoms with Gasteiger partial charge in [-0.1, -0.05) is 0 Å². The first-order valence-electron chi connectivity index (χ1n) is 12.2. The number of amides is 1. The Hall–Kier alpha value is -2.81. The van der Waals surface area contributed by atoms with Crippen LogP contribution in [0, 0.1) is 29.4 Å². The molecule has 1 aliphatic carbocycles. The second-order valence-electron chi connectivity index (χ2n) is 9.78. The number of nitrogens with zero attached hydrogens (tertiary/aromatic N) is 4. The molecule has 2 heterocycles. The summed E-state index contributed by atoms with van der Waals surface area (Å²) in [7, 11) is 4.82. The van der Waals surface area contributed by atoms with Crippen LogP contribution in [-0.2, 0) is 22.6 Å². The average molecular weight is 489 g/mol. The molecule has 1 aliphatic heterocycles. The molecule has 1 aromatic carbocycles. The number of halogens is 2. The second-order valence-corrected chi connectivity index (χ2v) is 9.78. The first-order valence-corrected chi connectivity index (χ1v) is 12.2. The van der Waals surface area contributed by atoms with E-state index in [-0.39, 0.29) is 23.6 Å². The van der Waals surface area contributed by atoms with Crippen LogP contribution >= 0.6 is 0 Å². The Kier molecular flexibility index (Phi) is 8.15. The minimum absolute atomic E-state index is 0.0402. The summed E-state index contributed by atoms with van der Waals surface area (Å²) in [5, 5.41) is 0. The highest BCUT2D eigenvalue weighted by molar-refractivity contribution is 5.78. The van der Waals surface area contributed by atoms with Crippen LogP contribution in [0.25, 0.3) is 0 Å². The summed E-state index contributed by atoms with van der Waals surface area (Å²) < 4.78 is 39.4. The lowest BCUT2D eigenvalue weighted by Gasteiger charge is -2.32. The van der Waals surface area contributed by atoms with Gasteiger partial charge in [0.2, 0.25) is 11.9 Å². The number of anilines is 1. The van der Waals surface area contributed by atoms with Gasteiger partial charge in [0.05, 0.1) is 19.6 Å². The predicted molar refractivity (Wildman–Crippen MR) is 128 cm³/mol. The normalized spacial score (nSPS) is 20.1. The molecule has 2 atom stereocenters. The van der Waals surface area contributed by atoms with Gasteiger partial charge in [0, 0.05) is 63.9 Å². The van der Waals surface area contributed by atoms with Crippen molar-refractivity contribution in [3.63, 3.8) is 0 Å². The summed E-state index contributed by atoms with van der Waals surface area (Å²) in [6.07, 6.45) is 7.68. The van der Waals surface area contributed by atoms with Crippen molar-refractivity contribution in [2.24, 2.45) is 17.8 Å². The Morgan fingerprint density at radius 1 is 1.14 bits per heavy atom. The van der Waals surface area contributed by atoms with Gasteiger partial charge in [-0.05, 0) is 49.5 Å². The Labute approximate surface area is 205 Å². The van der Waals surface area contributed by atoms with Gasteiger partial charge in [0.25, 0.3) is 0 Å². The van der Waals surface area contributed by atoms with Crippen molar-refractivity contribution >= 4 is 11.9 Å². The smallest absolute Gasteiger partial charge is 0.226 e. The number of rotatable bonds is 10. The van der Waals surface area contributed by atoms with E-state index < -0.39 is 11.6 Å². The number of hydrogen-bond donors (Lipinski definition) is 0. The molecule has 0 radical (unpaired) electrons. The maximum Gasteiger partial charge on any atom is 0.226 e. The van der Waals surface area contributed by atoms with Gasteiger partial charge in [0.15, 0.2) is 11.6 Å². The molecular formula is C26H34F2N4O3. The number of likely N-dealkylation sites (N-methyl/N-ethyl adjacent to an activating group) is 1. The monoisotopic (exact) mass is 488 g/mol. The number of benzene rings is 1. The van der Waals surface area contributed by atoms with Gasteiger partial charge in [-0.3, -0.25) is 4.79 Å². The zero-order valence-corrected chi connectivity index (χ0v) is 20.7. The van der Waals surface area contributed by atoms with E-state index in [1.54, 1.807) is 21.2 Å². The van der Waals surface area contributed by atoms with Crippen molar-refractivity contribution in [1.29, 1.82) is 0 Å². The van der Waals surface area contributed by atoms with Crippen LogP contribution in [0.5, 0.6) is 5.75 Å². The molecule has 2 fully saturated rings. The van der Waals surface area contributed by atoms with E-state index in [2.05, 4.69) is 14.9 Å². The molecule has 9 heteroatoms. The van der Waals surface area contributed by atoms with Crippen molar-refractivity contribution in [2.45, 2.75) is 38.7 Å². The van der Waals surface area contributed by atoms with Crippen LogP contribution < -0.4 is 9.64 Å². The summed E-state index contributed by atoms with van der Waals surface area (Å²) in [6.45, 7) is 2.76. The van der Waals surface area contributed by atoms with Gasteiger partial charge >= 0.3 is 0 Å². The maximum atomic E-state index is 14.4. The minimum Gasteiger partial charge on any atom is -0.490 e. The third-order valence-electron chi connectivity index (χ3n) is 7.10. The molecule has 0 N–H and O–H groups in total. The number of carbonyl (C=O) groups is 1. The molecule has 0 bridgehead atoms. The van der Waals surface area contributed by atoms with E-state index in [9.17, 15) is 13.6 Å². The van der Waals surface area contributed by atoms with Crippen LogP contribution in [0.3, 0.4) is 0 Å². The molecule has 190 valence electrons. The van der Waals surface area contributed by atoms with Crippen LogP contribution in [0.1, 0.15) is 36.8 Å². The average Bonchev–Trinajstić information content (AvgIpc) is 3.62. The molecule has 2 aromatic rings. The van der Waals surface area contributed by atoms with E-state index in [4.69, 9.17) is 9.47 Å². The van der Waals surface area contributed by atoms with Crippen LogP contribution in [0.15, 0.2) is 24.5 Å². The summed E-state index contributed by atoms with van der Waals surface area (Å²) in [4.78, 5) is 24.3. The maximum absolute atomic E-state index is 14.4. The Bertz CT molecular complexity index is 1010. The number of aromatic nitrogens is 2. The van der Waals surface area contributed by atoms with Gasteiger partial charge in [-0.15, -0.1) is 0 Å². The standard InChI is InChI=1S/C26H34F2N4O3/c1-31(2)25(33)12-20-11-23(28)24(13-22(20)27)35-9-6-19-10-21(19)18-4-7-32(8-5-18)26-29-14-17(15-30-26)16-34-3/h11,13-15,18-19,21H,4-10,12,16H2,1-3H3/t19-,21?/m1/s1. The van der Waals surface area contributed by atoms with Gasteiger partial charge in [-0.25, -0.2) is 18.7 Å². The Morgan fingerprint density at radius 3 is 2.51 bits per heavy atom. The van der Waals surface area contributed by atoms with Crippen molar-refractivity contribution in [2.75, 3.05) is 45.8 Å². The minimum atomic E-state index is -0.634. The van der Waals surface area contributed by atoms with E-state index in [1.807, 2.05) is 12.4 Å². The number of ether oxygens (including phenoxy) is 2. The molecule has 1 unspecified atom stereocenters.